The van der Waals surface area contributed by atoms with Crippen molar-refractivity contribution in [2.45, 2.75) is 45.6 Å². The van der Waals surface area contributed by atoms with Crippen molar-refractivity contribution in [3.05, 3.63) is 0 Å². The molecule has 0 aromatic heterocycles. The predicted octanol–water partition coefficient (Wildman–Crippen LogP) is 1.60. The summed E-state index contributed by atoms with van der Waals surface area (Å²) in [7, 11) is 1.60. The van der Waals surface area contributed by atoms with E-state index in [1.807, 2.05) is 13.8 Å². The van der Waals surface area contributed by atoms with Crippen LogP contribution >= 0.6 is 0 Å². The second kappa shape index (κ2) is 10.6. The van der Waals surface area contributed by atoms with Crippen molar-refractivity contribution >= 4 is 12.0 Å². The van der Waals surface area contributed by atoms with Gasteiger partial charge in [0.1, 0.15) is 0 Å². The Morgan fingerprint density at radius 2 is 2.00 bits per heavy atom. The van der Waals surface area contributed by atoms with Crippen molar-refractivity contribution in [2.24, 2.45) is 5.92 Å². The number of carboxylic acids is 1. The molecule has 19 heavy (non-hydrogen) atoms. The largest absolute Gasteiger partial charge is 0.481 e. The standard InChI is InChI=1S/C13H26N2O4/c1-4-11(9-19-3)15-13(18)14-8-7-10(2)5-6-12(16)17/h10-11H,4-9H2,1-3H3,(H,16,17)(H2,14,15,18). The lowest BCUT2D eigenvalue weighted by molar-refractivity contribution is -0.137. The summed E-state index contributed by atoms with van der Waals surface area (Å²) >= 11 is 0. The van der Waals surface area contributed by atoms with Crippen molar-refractivity contribution in [3.8, 4) is 0 Å². The van der Waals surface area contributed by atoms with Crippen LogP contribution in [0.15, 0.2) is 0 Å². The summed E-state index contributed by atoms with van der Waals surface area (Å²) in [6.45, 7) is 5.02. The number of urea groups is 1. The molecule has 6 heteroatoms. The second-order valence-corrected chi connectivity index (χ2v) is 4.79. The minimum atomic E-state index is -0.775. The molecule has 0 heterocycles. The highest BCUT2D eigenvalue weighted by atomic mass is 16.5. The third kappa shape index (κ3) is 10.3. The average molecular weight is 274 g/mol. The van der Waals surface area contributed by atoms with Gasteiger partial charge in [-0.1, -0.05) is 13.8 Å². The summed E-state index contributed by atoms with van der Waals surface area (Å²) < 4.78 is 4.99. The van der Waals surface area contributed by atoms with E-state index < -0.39 is 5.97 Å². The van der Waals surface area contributed by atoms with E-state index in [1.54, 1.807) is 7.11 Å². The van der Waals surface area contributed by atoms with Gasteiger partial charge in [0.05, 0.1) is 12.6 Å². The number of carbonyl (C=O) groups excluding carboxylic acids is 1. The molecule has 0 aliphatic rings. The minimum absolute atomic E-state index is 0.0226. The van der Waals surface area contributed by atoms with Crippen molar-refractivity contribution in [1.82, 2.24) is 10.6 Å². The first-order valence-electron chi connectivity index (χ1n) is 6.74. The first-order chi connectivity index (χ1) is 8.99. The van der Waals surface area contributed by atoms with Gasteiger partial charge in [-0.2, -0.15) is 0 Å². The molecule has 0 fully saturated rings. The maximum absolute atomic E-state index is 11.6. The Balaban J connectivity index is 3.69. The zero-order valence-corrected chi connectivity index (χ0v) is 12.1. The van der Waals surface area contributed by atoms with E-state index >= 15 is 0 Å². The second-order valence-electron chi connectivity index (χ2n) is 4.79. The van der Waals surface area contributed by atoms with Crippen molar-refractivity contribution < 1.29 is 19.4 Å². The molecular weight excluding hydrogens is 248 g/mol. The SMILES string of the molecule is CCC(COC)NC(=O)NCCC(C)CCC(=O)O. The highest BCUT2D eigenvalue weighted by Gasteiger charge is 2.10. The van der Waals surface area contributed by atoms with E-state index in [0.29, 0.717) is 19.6 Å². The molecule has 0 aliphatic carbocycles. The van der Waals surface area contributed by atoms with E-state index in [2.05, 4.69) is 10.6 Å². The van der Waals surface area contributed by atoms with Crippen LogP contribution in [0.5, 0.6) is 0 Å². The molecule has 0 aromatic rings. The highest BCUT2D eigenvalue weighted by Crippen LogP contribution is 2.08. The molecule has 112 valence electrons. The molecule has 0 aliphatic heterocycles. The molecule has 2 unspecified atom stereocenters. The van der Waals surface area contributed by atoms with E-state index in [1.165, 1.54) is 0 Å². The molecule has 0 saturated carbocycles. The van der Waals surface area contributed by atoms with Crippen molar-refractivity contribution in [1.29, 1.82) is 0 Å². The molecule has 3 N–H and O–H groups in total. The number of carboxylic acid groups (broad SMARTS) is 1. The lowest BCUT2D eigenvalue weighted by Gasteiger charge is -2.17. The quantitative estimate of drug-likeness (QED) is 0.564. The fraction of sp³-hybridized carbons (Fsp3) is 0.846. The first kappa shape index (κ1) is 17.7. The fourth-order valence-electron chi connectivity index (χ4n) is 1.65. The lowest BCUT2D eigenvalue weighted by Crippen LogP contribution is -2.44. The number of hydrogen-bond donors (Lipinski definition) is 3. The summed E-state index contributed by atoms with van der Waals surface area (Å²) in [6, 6.07) is -0.177. The van der Waals surface area contributed by atoms with Gasteiger partial charge in [0.2, 0.25) is 0 Å². The van der Waals surface area contributed by atoms with Gasteiger partial charge < -0.3 is 20.5 Å². The Bertz CT molecular complexity index is 271. The first-order valence-corrected chi connectivity index (χ1v) is 6.74. The summed E-state index contributed by atoms with van der Waals surface area (Å²) in [5.41, 5.74) is 0. The van der Waals surface area contributed by atoms with E-state index in [9.17, 15) is 9.59 Å². The lowest BCUT2D eigenvalue weighted by atomic mass is 10.0. The van der Waals surface area contributed by atoms with E-state index in [0.717, 1.165) is 12.8 Å². The zero-order valence-electron chi connectivity index (χ0n) is 12.1. The Hall–Kier alpha value is -1.30. The monoisotopic (exact) mass is 274 g/mol. The van der Waals surface area contributed by atoms with Crippen LogP contribution in [0.2, 0.25) is 0 Å². The number of ether oxygens (including phenoxy) is 1. The van der Waals surface area contributed by atoms with Gasteiger partial charge in [-0.15, -0.1) is 0 Å². The minimum Gasteiger partial charge on any atom is -0.481 e. The Kier molecular flexibility index (Phi) is 9.88. The van der Waals surface area contributed by atoms with E-state index in [4.69, 9.17) is 9.84 Å². The summed E-state index contributed by atoms with van der Waals surface area (Å²) in [4.78, 5) is 22.0. The Morgan fingerprint density at radius 1 is 1.32 bits per heavy atom. The number of aliphatic carboxylic acids is 1. The topological polar surface area (TPSA) is 87.7 Å². The maximum Gasteiger partial charge on any atom is 0.315 e. The third-order valence-electron chi connectivity index (χ3n) is 2.97. The number of carbonyl (C=O) groups is 2. The molecule has 0 aromatic carbocycles. The molecule has 0 spiro atoms. The highest BCUT2D eigenvalue weighted by molar-refractivity contribution is 5.74. The molecule has 2 atom stereocenters. The van der Waals surface area contributed by atoms with Gasteiger partial charge in [-0.05, 0) is 25.2 Å². The van der Waals surface area contributed by atoms with Crippen LogP contribution in [-0.4, -0.2) is 43.4 Å². The number of methoxy groups -OCH3 is 1. The van der Waals surface area contributed by atoms with Crippen LogP contribution in [0, 0.1) is 5.92 Å². The van der Waals surface area contributed by atoms with Crippen LogP contribution in [0.1, 0.15) is 39.5 Å². The van der Waals surface area contributed by atoms with Crippen LogP contribution in [0.4, 0.5) is 4.79 Å². The number of nitrogens with one attached hydrogen (secondary N) is 2. The summed E-state index contributed by atoms with van der Waals surface area (Å²) in [5, 5.41) is 14.2. The number of amides is 2. The van der Waals surface area contributed by atoms with Crippen LogP contribution in [0.25, 0.3) is 0 Å². The predicted molar refractivity (Wildman–Crippen MR) is 73.1 cm³/mol. The summed E-state index contributed by atoms with van der Waals surface area (Å²) in [6.07, 6.45) is 2.41. The summed E-state index contributed by atoms with van der Waals surface area (Å²) in [5.74, 6) is -0.486. The zero-order chi connectivity index (χ0) is 14.7. The van der Waals surface area contributed by atoms with Gasteiger partial charge in [-0.3, -0.25) is 4.79 Å². The fourth-order valence-corrected chi connectivity index (χ4v) is 1.65. The van der Waals surface area contributed by atoms with Crippen LogP contribution in [-0.2, 0) is 9.53 Å². The smallest absolute Gasteiger partial charge is 0.315 e. The molecule has 0 saturated heterocycles. The molecular formula is C13H26N2O4. The van der Waals surface area contributed by atoms with Crippen LogP contribution in [0.3, 0.4) is 0 Å². The third-order valence-corrected chi connectivity index (χ3v) is 2.97. The maximum atomic E-state index is 11.6. The number of rotatable bonds is 10. The molecule has 0 bridgehead atoms. The van der Waals surface area contributed by atoms with Crippen molar-refractivity contribution in [3.63, 3.8) is 0 Å². The molecule has 0 radical (unpaired) electrons. The Morgan fingerprint density at radius 3 is 2.53 bits per heavy atom. The Labute approximate surface area is 114 Å². The van der Waals surface area contributed by atoms with E-state index in [-0.39, 0.29) is 24.4 Å². The van der Waals surface area contributed by atoms with Gasteiger partial charge in [0.25, 0.3) is 0 Å². The average Bonchev–Trinajstić information content (AvgIpc) is 2.35. The van der Waals surface area contributed by atoms with Gasteiger partial charge in [0, 0.05) is 20.1 Å². The molecule has 6 nitrogen and oxygen atoms in total. The molecule has 2 amide bonds. The normalized spacial score (nSPS) is 13.6. The van der Waals surface area contributed by atoms with Gasteiger partial charge >= 0.3 is 12.0 Å². The number of hydrogen-bond acceptors (Lipinski definition) is 3. The molecule has 0 rings (SSSR count). The van der Waals surface area contributed by atoms with Gasteiger partial charge in [0.15, 0.2) is 0 Å². The van der Waals surface area contributed by atoms with Crippen molar-refractivity contribution in [2.75, 3.05) is 20.3 Å². The van der Waals surface area contributed by atoms with Gasteiger partial charge in [-0.25, -0.2) is 4.79 Å². The van der Waals surface area contributed by atoms with Crippen LogP contribution < -0.4 is 10.6 Å².